The molecule has 0 aliphatic rings. The zero-order chi connectivity index (χ0) is 26.9. The second kappa shape index (κ2) is 12.6. The van der Waals surface area contributed by atoms with Crippen molar-refractivity contribution in [3.05, 3.63) is 107 Å². The standard InChI is InChI=1S/C29H27N3O5S/c1-19(2)22-13-14-30-23-15-25(38-26(22)23)27(33)31-16-24(28(34)36-17-20-9-5-3-6-10-20)32-29(35)37-18-21-11-7-4-8-12-21/h3-15,24H,1,16-18H2,2H3,(H,31,33)(H,32,35)/t24-/m1/s1. The van der Waals surface area contributed by atoms with Crippen LogP contribution >= 0.6 is 11.3 Å². The third-order valence-corrected chi connectivity index (χ3v) is 6.73. The van der Waals surface area contributed by atoms with Crippen molar-refractivity contribution in [1.29, 1.82) is 0 Å². The molecule has 0 saturated carbocycles. The van der Waals surface area contributed by atoms with Gasteiger partial charge in [-0.3, -0.25) is 9.78 Å². The van der Waals surface area contributed by atoms with Crippen molar-refractivity contribution in [2.24, 2.45) is 0 Å². The molecular formula is C29H27N3O5S. The van der Waals surface area contributed by atoms with Crippen molar-refractivity contribution in [2.75, 3.05) is 6.54 Å². The molecule has 0 fully saturated rings. The highest BCUT2D eigenvalue weighted by atomic mass is 32.1. The number of nitrogens with zero attached hydrogens (tertiary/aromatic N) is 1. The van der Waals surface area contributed by atoms with Crippen molar-refractivity contribution in [2.45, 2.75) is 26.2 Å². The number of rotatable bonds is 10. The number of fused-ring (bicyclic) bond motifs is 1. The lowest BCUT2D eigenvalue weighted by Crippen LogP contribution is -2.49. The zero-order valence-corrected chi connectivity index (χ0v) is 21.6. The van der Waals surface area contributed by atoms with Crippen LogP contribution in [0.15, 0.2) is 85.6 Å². The molecule has 0 spiro atoms. The van der Waals surface area contributed by atoms with Gasteiger partial charge >= 0.3 is 12.1 Å². The molecule has 2 heterocycles. The molecule has 0 unspecified atom stereocenters. The predicted octanol–water partition coefficient (Wildman–Crippen LogP) is 5.10. The second-order valence-corrected chi connectivity index (χ2v) is 9.58. The molecule has 4 aromatic rings. The SMILES string of the molecule is C=C(C)c1ccnc2cc(C(=O)NC[C@@H](NC(=O)OCc3ccccc3)C(=O)OCc3ccccc3)sc12. The van der Waals surface area contributed by atoms with Crippen molar-refractivity contribution in [1.82, 2.24) is 15.6 Å². The molecule has 9 heteroatoms. The molecule has 0 radical (unpaired) electrons. The number of hydrogen-bond acceptors (Lipinski definition) is 7. The number of pyridine rings is 1. The lowest BCUT2D eigenvalue weighted by molar-refractivity contribution is -0.147. The Balaban J connectivity index is 1.42. The van der Waals surface area contributed by atoms with Gasteiger partial charge in [0.25, 0.3) is 5.91 Å². The van der Waals surface area contributed by atoms with Crippen LogP contribution in [-0.4, -0.2) is 35.5 Å². The molecule has 2 N–H and O–H groups in total. The van der Waals surface area contributed by atoms with Crippen LogP contribution in [0.25, 0.3) is 15.8 Å². The summed E-state index contributed by atoms with van der Waals surface area (Å²) in [7, 11) is 0. The molecule has 0 saturated heterocycles. The minimum atomic E-state index is -1.16. The van der Waals surface area contributed by atoms with E-state index >= 15 is 0 Å². The van der Waals surface area contributed by atoms with E-state index in [0.717, 1.165) is 27.0 Å². The fraction of sp³-hybridized carbons (Fsp3) is 0.172. The Bertz CT molecular complexity index is 1440. The number of alkyl carbamates (subject to hydrolysis) is 1. The molecule has 0 bridgehead atoms. The Morgan fingerprint density at radius 1 is 0.947 bits per heavy atom. The van der Waals surface area contributed by atoms with Crippen LogP contribution in [0.4, 0.5) is 4.79 Å². The van der Waals surface area contributed by atoms with Gasteiger partial charge in [-0.25, -0.2) is 9.59 Å². The largest absolute Gasteiger partial charge is 0.459 e. The number of carbonyl (C=O) groups is 3. The van der Waals surface area contributed by atoms with Gasteiger partial charge in [0.2, 0.25) is 0 Å². The van der Waals surface area contributed by atoms with Crippen LogP contribution in [0.2, 0.25) is 0 Å². The fourth-order valence-corrected chi connectivity index (χ4v) is 4.72. The maximum atomic E-state index is 13.0. The first-order valence-electron chi connectivity index (χ1n) is 11.9. The number of hydrogen-bond donors (Lipinski definition) is 2. The maximum Gasteiger partial charge on any atom is 0.408 e. The number of aromatic nitrogens is 1. The molecule has 2 aromatic carbocycles. The Hall–Kier alpha value is -4.50. The quantitative estimate of drug-likeness (QED) is 0.277. The molecule has 0 aliphatic carbocycles. The van der Waals surface area contributed by atoms with Gasteiger partial charge in [-0.2, -0.15) is 0 Å². The number of carbonyl (C=O) groups excluding carboxylic acids is 3. The van der Waals surface area contributed by atoms with Crippen molar-refractivity contribution in [3.63, 3.8) is 0 Å². The van der Waals surface area contributed by atoms with E-state index in [1.165, 1.54) is 11.3 Å². The molecule has 8 nitrogen and oxygen atoms in total. The Labute approximate surface area is 224 Å². The summed E-state index contributed by atoms with van der Waals surface area (Å²) in [5, 5.41) is 5.23. The predicted molar refractivity (Wildman–Crippen MR) is 146 cm³/mol. The third kappa shape index (κ3) is 7.04. The summed E-state index contributed by atoms with van der Waals surface area (Å²) in [6.07, 6.45) is 0.867. The first-order valence-corrected chi connectivity index (χ1v) is 12.7. The van der Waals surface area contributed by atoms with Gasteiger partial charge in [0, 0.05) is 12.7 Å². The molecule has 2 amide bonds. The number of benzene rings is 2. The van der Waals surface area contributed by atoms with E-state index in [2.05, 4.69) is 22.2 Å². The highest BCUT2D eigenvalue weighted by Gasteiger charge is 2.25. The minimum absolute atomic E-state index is 0.0243. The summed E-state index contributed by atoms with van der Waals surface area (Å²) < 4.78 is 11.5. The molecule has 38 heavy (non-hydrogen) atoms. The van der Waals surface area contributed by atoms with E-state index in [9.17, 15) is 14.4 Å². The maximum absolute atomic E-state index is 13.0. The minimum Gasteiger partial charge on any atom is -0.459 e. The van der Waals surface area contributed by atoms with Crippen LogP contribution in [0.5, 0.6) is 0 Å². The highest BCUT2D eigenvalue weighted by molar-refractivity contribution is 7.21. The molecule has 4 rings (SSSR count). The van der Waals surface area contributed by atoms with Crippen LogP contribution in [-0.2, 0) is 27.5 Å². The fourth-order valence-electron chi connectivity index (χ4n) is 3.60. The van der Waals surface area contributed by atoms with Crippen molar-refractivity contribution >= 4 is 45.1 Å². The van der Waals surface area contributed by atoms with Gasteiger partial charge in [0.1, 0.15) is 19.3 Å². The third-order valence-electron chi connectivity index (χ3n) is 5.58. The first kappa shape index (κ1) is 26.6. The van der Waals surface area contributed by atoms with Crippen LogP contribution < -0.4 is 10.6 Å². The van der Waals surface area contributed by atoms with Gasteiger partial charge < -0.3 is 20.1 Å². The second-order valence-electron chi connectivity index (χ2n) is 8.53. The van der Waals surface area contributed by atoms with Gasteiger partial charge in [0.05, 0.1) is 15.1 Å². The normalized spacial score (nSPS) is 11.4. The van der Waals surface area contributed by atoms with Crippen LogP contribution in [0, 0.1) is 0 Å². The summed E-state index contributed by atoms with van der Waals surface area (Å²) >= 11 is 1.28. The number of thiophene rings is 1. The Morgan fingerprint density at radius 2 is 1.58 bits per heavy atom. The van der Waals surface area contributed by atoms with Gasteiger partial charge in [-0.1, -0.05) is 67.2 Å². The van der Waals surface area contributed by atoms with E-state index in [0.29, 0.717) is 10.4 Å². The van der Waals surface area contributed by atoms with Crippen molar-refractivity contribution < 1.29 is 23.9 Å². The lowest BCUT2D eigenvalue weighted by Gasteiger charge is -2.18. The summed E-state index contributed by atoms with van der Waals surface area (Å²) in [4.78, 5) is 43.0. The molecule has 1 atom stereocenters. The number of allylic oxidation sites excluding steroid dienone is 1. The average molecular weight is 530 g/mol. The van der Waals surface area contributed by atoms with E-state index in [-0.39, 0.29) is 19.8 Å². The van der Waals surface area contributed by atoms with Gasteiger partial charge in [-0.15, -0.1) is 11.3 Å². The van der Waals surface area contributed by atoms with Crippen LogP contribution in [0.1, 0.15) is 33.3 Å². The highest BCUT2D eigenvalue weighted by Crippen LogP contribution is 2.30. The summed E-state index contributed by atoms with van der Waals surface area (Å²) in [5.74, 6) is -1.10. The van der Waals surface area contributed by atoms with E-state index in [1.807, 2.05) is 73.7 Å². The smallest absolute Gasteiger partial charge is 0.408 e. The monoisotopic (exact) mass is 529 g/mol. The summed E-state index contributed by atoms with van der Waals surface area (Å²) in [6, 6.07) is 20.7. The summed E-state index contributed by atoms with van der Waals surface area (Å²) in [6.45, 7) is 5.74. The average Bonchev–Trinajstić information content (AvgIpc) is 3.38. The number of nitrogens with one attached hydrogen (secondary N) is 2. The number of esters is 1. The molecule has 2 aromatic heterocycles. The Morgan fingerprint density at radius 3 is 2.21 bits per heavy atom. The zero-order valence-electron chi connectivity index (χ0n) is 20.8. The Kier molecular flexibility index (Phi) is 8.84. The number of amides is 2. The van der Waals surface area contributed by atoms with Crippen molar-refractivity contribution in [3.8, 4) is 0 Å². The van der Waals surface area contributed by atoms with Gasteiger partial charge in [-0.05, 0) is 41.3 Å². The lowest BCUT2D eigenvalue weighted by atomic mass is 10.1. The molecule has 0 aliphatic heterocycles. The number of ether oxygens (including phenoxy) is 2. The molecular weight excluding hydrogens is 502 g/mol. The van der Waals surface area contributed by atoms with E-state index < -0.39 is 24.0 Å². The van der Waals surface area contributed by atoms with Gasteiger partial charge in [0.15, 0.2) is 0 Å². The first-order chi connectivity index (χ1) is 18.4. The van der Waals surface area contributed by atoms with E-state index in [4.69, 9.17) is 9.47 Å². The van der Waals surface area contributed by atoms with Crippen LogP contribution in [0.3, 0.4) is 0 Å². The topological polar surface area (TPSA) is 107 Å². The summed E-state index contributed by atoms with van der Waals surface area (Å²) in [5.41, 5.74) is 4.06. The molecule has 194 valence electrons. The van der Waals surface area contributed by atoms with E-state index in [1.54, 1.807) is 12.3 Å².